The number of methoxy groups -OCH3 is 1. The van der Waals surface area contributed by atoms with E-state index in [1.54, 1.807) is 0 Å². The van der Waals surface area contributed by atoms with Crippen LogP contribution in [0.3, 0.4) is 0 Å². The number of rotatable bonds is 2. The normalized spacial score (nSPS) is 22.6. The first kappa shape index (κ1) is 16.4. The number of nitrogens with two attached hydrogens (primary N) is 1. The lowest BCUT2D eigenvalue weighted by Gasteiger charge is -2.26. The van der Waals surface area contributed by atoms with Gasteiger partial charge in [-0.05, 0) is 25.3 Å². The minimum absolute atomic E-state index is 0. The van der Waals surface area contributed by atoms with Gasteiger partial charge in [0, 0.05) is 6.54 Å². The van der Waals surface area contributed by atoms with Crippen molar-refractivity contribution in [1.29, 1.82) is 0 Å². The number of ether oxygens (including phenoxy) is 1. The monoisotopic (exact) mass is 244 g/mol. The number of esters is 1. The van der Waals surface area contributed by atoms with Crippen molar-refractivity contribution in [3.05, 3.63) is 0 Å². The standard InChI is InChI=1S/C8H16N2O2.2ClH/c1-12-8(11)7(9)6-3-2-4-10-5-6;;/h6-7,10H,2-5,9H2,1H3;2*1H. The third kappa shape index (κ3) is 4.46. The summed E-state index contributed by atoms with van der Waals surface area (Å²) in [5, 5.41) is 3.21. The molecular formula is C8H18Cl2N2O2. The molecule has 0 aliphatic carbocycles. The van der Waals surface area contributed by atoms with Crippen molar-refractivity contribution < 1.29 is 9.53 Å². The second-order valence-corrected chi connectivity index (χ2v) is 3.16. The maximum Gasteiger partial charge on any atom is 0.322 e. The molecule has 3 N–H and O–H groups in total. The SMILES string of the molecule is COC(=O)C(N)C1CCCNC1.Cl.Cl. The summed E-state index contributed by atoms with van der Waals surface area (Å²) in [6.45, 7) is 1.86. The molecule has 0 aromatic carbocycles. The minimum Gasteiger partial charge on any atom is -0.468 e. The summed E-state index contributed by atoms with van der Waals surface area (Å²) >= 11 is 0. The van der Waals surface area contributed by atoms with Gasteiger partial charge in [-0.15, -0.1) is 24.8 Å². The molecule has 4 nitrogen and oxygen atoms in total. The third-order valence-corrected chi connectivity index (χ3v) is 2.32. The van der Waals surface area contributed by atoms with E-state index in [0.717, 1.165) is 25.9 Å². The van der Waals surface area contributed by atoms with Crippen LogP contribution in [0.1, 0.15) is 12.8 Å². The number of carbonyl (C=O) groups excluding carboxylic acids is 1. The lowest BCUT2D eigenvalue weighted by molar-refractivity contribution is -0.143. The molecule has 0 bridgehead atoms. The highest BCUT2D eigenvalue weighted by molar-refractivity contribution is 5.85. The van der Waals surface area contributed by atoms with Crippen molar-refractivity contribution in [3.63, 3.8) is 0 Å². The Balaban J connectivity index is 0. The lowest BCUT2D eigenvalue weighted by atomic mass is 9.92. The van der Waals surface area contributed by atoms with Gasteiger partial charge < -0.3 is 15.8 Å². The molecule has 2 unspecified atom stereocenters. The Morgan fingerprint density at radius 2 is 2.21 bits per heavy atom. The zero-order valence-electron chi connectivity index (χ0n) is 8.19. The third-order valence-electron chi connectivity index (χ3n) is 2.32. The average molecular weight is 245 g/mol. The molecule has 2 atom stereocenters. The van der Waals surface area contributed by atoms with E-state index in [0.29, 0.717) is 0 Å². The Labute approximate surface area is 96.8 Å². The number of carbonyl (C=O) groups is 1. The molecule has 1 aliphatic rings. The van der Waals surface area contributed by atoms with Crippen molar-refractivity contribution in [2.45, 2.75) is 18.9 Å². The van der Waals surface area contributed by atoms with Crippen LogP contribution < -0.4 is 11.1 Å². The summed E-state index contributed by atoms with van der Waals surface area (Å²) in [7, 11) is 1.37. The Hall–Kier alpha value is -0.0300. The van der Waals surface area contributed by atoms with Gasteiger partial charge in [0.05, 0.1) is 7.11 Å². The Kier molecular flexibility index (Phi) is 9.72. The van der Waals surface area contributed by atoms with Crippen LogP contribution in [-0.4, -0.2) is 32.2 Å². The molecule has 14 heavy (non-hydrogen) atoms. The first-order chi connectivity index (χ1) is 5.75. The zero-order valence-corrected chi connectivity index (χ0v) is 9.83. The van der Waals surface area contributed by atoms with Crippen LogP contribution in [-0.2, 0) is 9.53 Å². The summed E-state index contributed by atoms with van der Waals surface area (Å²) in [6, 6.07) is -0.456. The van der Waals surface area contributed by atoms with E-state index in [-0.39, 0.29) is 36.7 Å². The van der Waals surface area contributed by atoms with Gasteiger partial charge in [-0.1, -0.05) is 0 Å². The first-order valence-corrected chi connectivity index (χ1v) is 4.30. The second kappa shape index (κ2) is 8.29. The number of nitrogens with one attached hydrogen (secondary N) is 1. The molecule has 0 saturated carbocycles. The molecule has 1 rings (SSSR count). The predicted octanol–water partition coefficient (Wildman–Crippen LogP) is 0.330. The average Bonchev–Trinajstić information content (AvgIpc) is 2.17. The van der Waals surface area contributed by atoms with Crippen LogP contribution in [0.15, 0.2) is 0 Å². The van der Waals surface area contributed by atoms with Crippen LogP contribution in [0.5, 0.6) is 0 Å². The Morgan fingerprint density at radius 3 is 2.64 bits per heavy atom. The van der Waals surface area contributed by atoms with Crippen molar-refractivity contribution in [1.82, 2.24) is 5.32 Å². The van der Waals surface area contributed by atoms with E-state index in [2.05, 4.69) is 10.1 Å². The van der Waals surface area contributed by atoms with E-state index < -0.39 is 6.04 Å². The van der Waals surface area contributed by atoms with E-state index in [9.17, 15) is 4.79 Å². The van der Waals surface area contributed by atoms with Gasteiger partial charge in [0.25, 0.3) is 0 Å². The van der Waals surface area contributed by atoms with Gasteiger partial charge >= 0.3 is 5.97 Å². The molecule has 0 aromatic rings. The predicted molar refractivity (Wildman–Crippen MR) is 60.1 cm³/mol. The maximum absolute atomic E-state index is 11.0. The van der Waals surface area contributed by atoms with Crippen molar-refractivity contribution in [2.24, 2.45) is 11.7 Å². The molecular weight excluding hydrogens is 227 g/mol. The minimum atomic E-state index is -0.456. The number of hydrogen-bond donors (Lipinski definition) is 2. The van der Waals surface area contributed by atoms with Crippen LogP contribution >= 0.6 is 24.8 Å². The van der Waals surface area contributed by atoms with Gasteiger partial charge in [-0.3, -0.25) is 4.79 Å². The largest absolute Gasteiger partial charge is 0.468 e. The molecule has 1 saturated heterocycles. The van der Waals surface area contributed by atoms with Crippen molar-refractivity contribution in [3.8, 4) is 0 Å². The summed E-state index contributed by atoms with van der Waals surface area (Å²) in [5.41, 5.74) is 5.69. The van der Waals surface area contributed by atoms with Gasteiger partial charge in [-0.2, -0.15) is 0 Å². The summed E-state index contributed by atoms with van der Waals surface area (Å²) in [5.74, 6) is -0.0603. The molecule has 0 radical (unpaired) electrons. The summed E-state index contributed by atoms with van der Waals surface area (Å²) < 4.78 is 4.57. The smallest absolute Gasteiger partial charge is 0.322 e. The second-order valence-electron chi connectivity index (χ2n) is 3.16. The molecule has 1 fully saturated rings. The van der Waals surface area contributed by atoms with Crippen molar-refractivity contribution in [2.75, 3.05) is 20.2 Å². The van der Waals surface area contributed by atoms with E-state index in [1.165, 1.54) is 7.11 Å². The van der Waals surface area contributed by atoms with Crippen LogP contribution in [0.4, 0.5) is 0 Å². The zero-order chi connectivity index (χ0) is 8.97. The number of hydrogen-bond acceptors (Lipinski definition) is 4. The maximum atomic E-state index is 11.0. The molecule has 0 amide bonds. The van der Waals surface area contributed by atoms with Gasteiger partial charge in [0.2, 0.25) is 0 Å². The fraction of sp³-hybridized carbons (Fsp3) is 0.875. The van der Waals surface area contributed by atoms with Gasteiger partial charge in [-0.25, -0.2) is 0 Å². The first-order valence-electron chi connectivity index (χ1n) is 4.30. The Morgan fingerprint density at radius 1 is 1.57 bits per heavy atom. The lowest BCUT2D eigenvalue weighted by Crippen LogP contribution is -2.46. The summed E-state index contributed by atoms with van der Waals surface area (Å²) in [4.78, 5) is 11.0. The van der Waals surface area contributed by atoms with E-state index in [1.807, 2.05) is 0 Å². The molecule has 6 heteroatoms. The topological polar surface area (TPSA) is 64.3 Å². The molecule has 86 valence electrons. The number of piperidine rings is 1. The fourth-order valence-corrected chi connectivity index (χ4v) is 1.51. The highest BCUT2D eigenvalue weighted by Gasteiger charge is 2.26. The molecule has 1 aliphatic heterocycles. The van der Waals surface area contributed by atoms with Gasteiger partial charge in [0.1, 0.15) is 6.04 Å². The van der Waals surface area contributed by atoms with Crippen LogP contribution in [0.25, 0.3) is 0 Å². The van der Waals surface area contributed by atoms with Crippen LogP contribution in [0.2, 0.25) is 0 Å². The summed E-state index contributed by atoms with van der Waals surface area (Å²) in [6.07, 6.45) is 2.11. The number of halogens is 2. The molecule has 1 heterocycles. The highest BCUT2D eigenvalue weighted by Crippen LogP contribution is 2.13. The van der Waals surface area contributed by atoms with Crippen LogP contribution in [0, 0.1) is 5.92 Å². The highest BCUT2D eigenvalue weighted by atomic mass is 35.5. The quantitative estimate of drug-likeness (QED) is 0.688. The Bertz CT molecular complexity index is 163. The molecule has 0 aromatic heterocycles. The van der Waals surface area contributed by atoms with E-state index >= 15 is 0 Å². The van der Waals surface area contributed by atoms with Gasteiger partial charge in [0.15, 0.2) is 0 Å². The van der Waals surface area contributed by atoms with E-state index in [4.69, 9.17) is 5.73 Å². The molecule has 0 spiro atoms. The van der Waals surface area contributed by atoms with Crippen molar-refractivity contribution >= 4 is 30.8 Å². The fourth-order valence-electron chi connectivity index (χ4n) is 1.51.